The number of nitrogens with one attached hydrogen (secondary N) is 1. The van der Waals surface area contributed by atoms with Crippen LogP contribution in [0.3, 0.4) is 0 Å². The van der Waals surface area contributed by atoms with Crippen molar-refractivity contribution in [2.75, 3.05) is 17.9 Å². The highest BCUT2D eigenvalue weighted by molar-refractivity contribution is 7.99. The number of aromatic nitrogens is 2. The Morgan fingerprint density at radius 3 is 2.74 bits per heavy atom. The van der Waals surface area contributed by atoms with Gasteiger partial charge in [-0.05, 0) is 42.0 Å². The third-order valence-corrected chi connectivity index (χ3v) is 5.84. The van der Waals surface area contributed by atoms with E-state index in [1.54, 1.807) is 30.3 Å². The molecule has 1 N–H and O–H groups in total. The van der Waals surface area contributed by atoms with Crippen LogP contribution in [0.2, 0.25) is 0 Å². The van der Waals surface area contributed by atoms with Crippen LogP contribution in [0.1, 0.15) is 5.56 Å². The van der Waals surface area contributed by atoms with Crippen molar-refractivity contribution >= 4 is 34.4 Å². The molecular weight excluding hydrogens is 417 g/mol. The van der Waals surface area contributed by atoms with Crippen molar-refractivity contribution in [3.63, 3.8) is 0 Å². The van der Waals surface area contributed by atoms with Crippen molar-refractivity contribution in [3.05, 3.63) is 78.1 Å². The number of para-hydroxylation sites is 2. The molecule has 3 aromatic carbocycles. The molecule has 4 aromatic rings. The van der Waals surface area contributed by atoms with Crippen LogP contribution in [0.5, 0.6) is 11.5 Å². The molecule has 1 aliphatic heterocycles. The number of anilines is 1. The Hall–Kier alpha value is -3.52. The Morgan fingerprint density at radius 1 is 1.06 bits per heavy atom. The number of imidazole rings is 1. The molecule has 0 bridgehead atoms. The zero-order valence-electron chi connectivity index (χ0n) is 16.4. The number of carbonyl (C=O) groups is 1. The molecule has 0 saturated carbocycles. The van der Waals surface area contributed by atoms with Crippen LogP contribution in [0.15, 0.2) is 71.9 Å². The first kappa shape index (κ1) is 19.4. The average Bonchev–Trinajstić information content (AvgIpc) is 3.38. The van der Waals surface area contributed by atoms with Gasteiger partial charge in [-0.25, -0.2) is 9.37 Å². The van der Waals surface area contributed by atoms with Gasteiger partial charge in [0.15, 0.2) is 16.7 Å². The summed E-state index contributed by atoms with van der Waals surface area (Å²) in [6.07, 6.45) is 0. The number of fused-ring (bicyclic) bond motifs is 2. The van der Waals surface area contributed by atoms with Gasteiger partial charge in [-0.15, -0.1) is 0 Å². The first-order valence-electron chi connectivity index (χ1n) is 9.68. The van der Waals surface area contributed by atoms with Crippen LogP contribution in [-0.4, -0.2) is 28.0 Å². The van der Waals surface area contributed by atoms with E-state index in [2.05, 4.69) is 10.3 Å². The summed E-state index contributed by atoms with van der Waals surface area (Å²) in [6.45, 7) is 0.722. The summed E-state index contributed by atoms with van der Waals surface area (Å²) in [4.78, 5) is 17.2. The van der Waals surface area contributed by atoms with Gasteiger partial charge in [-0.3, -0.25) is 4.79 Å². The van der Waals surface area contributed by atoms with Crippen molar-refractivity contribution in [1.82, 2.24) is 9.55 Å². The van der Waals surface area contributed by atoms with E-state index in [1.165, 1.54) is 23.9 Å². The number of rotatable bonds is 6. The molecule has 0 spiro atoms. The van der Waals surface area contributed by atoms with Gasteiger partial charge in [0.25, 0.3) is 0 Å². The molecule has 1 aliphatic rings. The maximum absolute atomic E-state index is 13.3. The summed E-state index contributed by atoms with van der Waals surface area (Å²) in [5, 5.41) is 3.61. The minimum atomic E-state index is -0.269. The molecule has 2 heterocycles. The summed E-state index contributed by atoms with van der Waals surface area (Å²) in [5.74, 6) is 1.06. The summed E-state index contributed by atoms with van der Waals surface area (Å²) in [6, 6.07) is 19.5. The van der Waals surface area contributed by atoms with E-state index in [0.29, 0.717) is 23.7 Å². The molecule has 1 amide bonds. The highest BCUT2D eigenvalue weighted by Crippen LogP contribution is 2.34. The van der Waals surface area contributed by atoms with Gasteiger partial charge in [0.05, 0.1) is 23.3 Å². The predicted molar refractivity (Wildman–Crippen MR) is 117 cm³/mol. The van der Waals surface area contributed by atoms with E-state index in [0.717, 1.165) is 21.8 Å². The molecule has 0 aliphatic carbocycles. The number of hydrogen-bond acceptors (Lipinski definition) is 5. The van der Waals surface area contributed by atoms with Crippen LogP contribution in [0.4, 0.5) is 10.1 Å². The van der Waals surface area contributed by atoms with Gasteiger partial charge in [-0.1, -0.05) is 36.0 Å². The van der Waals surface area contributed by atoms with Crippen molar-refractivity contribution < 1.29 is 18.7 Å². The zero-order chi connectivity index (χ0) is 21.2. The molecule has 0 saturated heterocycles. The molecule has 5 rings (SSSR count). The smallest absolute Gasteiger partial charge is 0.234 e. The summed E-state index contributed by atoms with van der Waals surface area (Å²) in [5.41, 5.74) is 3.42. The molecule has 156 valence electrons. The quantitative estimate of drug-likeness (QED) is 0.446. The zero-order valence-corrected chi connectivity index (χ0v) is 17.2. The fraction of sp³-hybridized carbons (Fsp3) is 0.130. The molecule has 31 heavy (non-hydrogen) atoms. The normalized spacial score (nSPS) is 12.3. The Kier molecular flexibility index (Phi) is 5.21. The first-order valence-corrected chi connectivity index (χ1v) is 10.7. The van der Waals surface area contributed by atoms with E-state index in [9.17, 15) is 9.18 Å². The van der Waals surface area contributed by atoms with Gasteiger partial charge >= 0.3 is 0 Å². The molecule has 6 nitrogen and oxygen atoms in total. The van der Waals surface area contributed by atoms with E-state index < -0.39 is 0 Å². The lowest BCUT2D eigenvalue weighted by molar-refractivity contribution is -0.113. The van der Waals surface area contributed by atoms with Gasteiger partial charge in [0.2, 0.25) is 12.7 Å². The van der Waals surface area contributed by atoms with Crippen LogP contribution < -0.4 is 14.8 Å². The second-order valence-electron chi connectivity index (χ2n) is 7.00. The van der Waals surface area contributed by atoms with E-state index in [-0.39, 0.29) is 24.3 Å². The maximum atomic E-state index is 13.3. The number of amides is 1. The summed E-state index contributed by atoms with van der Waals surface area (Å²) < 4.78 is 26.0. The summed E-state index contributed by atoms with van der Waals surface area (Å²) >= 11 is 1.36. The van der Waals surface area contributed by atoms with Gasteiger partial charge in [0.1, 0.15) is 5.82 Å². The standard InChI is InChI=1S/C23H18FN3O3S/c24-16-7-5-15(6-8-16)12-27-19-4-2-1-3-18(19)26-23(27)31-13-22(28)25-17-9-10-20-21(11-17)30-14-29-20/h1-11H,12-14H2,(H,25,28). The largest absolute Gasteiger partial charge is 0.454 e. The number of carbonyl (C=O) groups excluding carboxylic acids is 1. The lowest BCUT2D eigenvalue weighted by atomic mass is 10.2. The van der Waals surface area contributed by atoms with Gasteiger partial charge in [0, 0.05) is 11.8 Å². The lowest BCUT2D eigenvalue weighted by Gasteiger charge is -2.10. The van der Waals surface area contributed by atoms with E-state index in [4.69, 9.17) is 9.47 Å². The Labute approximate surface area is 182 Å². The Balaban J connectivity index is 1.32. The van der Waals surface area contributed by atoms with E-state index in [1.807, 2.05) is 28.8 Å². The van der Waals surface area contributed by atoms with Crippen molar-refractivity contribution in [2.24, 2.45) is 0 Å². The molecular formula is C23H18FN3O3S. The van der Waals surface area contributed by atoms with Crippen LogP contribution in [-0.2, 0) is 11.3 Å². The van der Waals surface area contributed by atoms with Gasteiger partial charge < -0.3 is 19.4 Å². The Morgan fingerprint density at radius 2 is 1.87 bits per heavy atom. The monoisotopic (exact) mass is 435 g/mol. The minimum Gasteiger partial charge on any atom is -0.454 e. The van der Waals surface area contributed by atoms with Crippen LogP contribution in [0.25, 0.3) is 11.0 Å². The highest BCUT2D eigenvalue weighted by Gasteiger charge is 2.16. The molecule has 1 aromatic heterocycles. The molecule has 0 atom stereocenters. The molecule has 8 heteroatoms. The molecule has 0 fully saturated rings. The average molecular weight is 435 g/mol. The molecule has 0 radical (unpaired) electrons. The minimum absolute atomic E-state index is 0.149. The first-order chi connectivity index (χ1) is 15.2. The molecule has 0 unspecified atom stereocenters. The Bertz CT molecular complexity index is 1260. The van der Waals surface area contributed by atoms with Crippen molar-refractivity contribution in [3.8, 4) is 11.5 Å². The SMILES string of the molecule is O=C(CSc1nc2ccccc2n1Cc1ccc(F)cc1)Nc1ccc2c(c1)OCO2. The predicted octanol–water partition coefficient (Wildman–Crippen LogP) is 4.68. The fourth-order valence-electron chi connectivity index (χ4n) is 3.39. The van der Waals surface area contributed by atoms with Crippen molar-refractivity contribution in [1.29, 1.82) is 0 Å². The summed E-state index contributed by atoms with van der Waals surface area (Å²) in [7, 11) is 0. The topological polar surface area (TPSA) is 65.4 Å². The third kappa shape index (κ3) is 4.20. The number of ether oxygens (including phenoxy) is 2. The number of benzene rings is 3. The van der Waals surface area contributed by atoms with Crippen LogP contribution >= 0.6 is 11.8 Å². The number of thioether (sulfide) groups is 1. The maximum Gasteiger partial charge on any atom is 0.234 e. The van der Waals surface area contributed by atoms with Crippen molar-refractivity contribution in [2.45, 2.75) is 11.7 Å². The number of nitrogens with zero attached hydrogens (tertiary/aromatic N) is 2. The van der Waals surface area contributed by atoms with E-state index >= 15 is 0 Å². The highest BCUT2D eigenvalue weighted by atomic mass is 32.2. The second-order valence-corrected chi connectivity index (χ2v) is 7.94. The lowest BCUT2D eigenvalue weighted by Crippen LogP contribution is -2.14. The second kappa shape index (κ2) is 8.31. The third-order valence-electron chi connectivity index (χ3n) is 4.86. The number of hydrogen-bond donors (Lipinski definition) is 1. The fourth-order valence-corrected chi connectivity index (χ4v) is 4.20. The van der Waals surface area contributed by atoms with Gasteiger partial charge in [-0.2, -0.15) is 0 Å². The van der Waals surface area contributed by atoms with Crippen LogP contribution in [0, 0.1) is 5.82 Å². The number of halogens is 1.